The van der Waals surface area contributed by atoms with Crippen LogP contribution in [0, 0.1) is 0 Å². The Balaban J connectivity index is 2.80. The maximum Gasteiger partial charge on any atom is 0.573 e. The molecule has 19 heavy (non-hydrogen) atoms. The van der Waals surface area contributed by atoms with Gasteiger partial charge >= 0.3 is 6.36 Å². The first-order valence-corrected chi connectivity index (χ1v) is 4.94. The van der Waals surface area contributed by atoms with Crippen LogP contribution in [0.4, 0.5) is 13.2 Å². The quantitative estimate of drug-likeness (QED) is 0.494. The van der Waals surface area contributed by atoms with Crippen molar-refractivity contribution < 1.29 is 22.7 Å². The standard InChI is InChI=1S/C11H10F3N3O2/c12-11(13,14)19-8-3-1-2-7(6-8)4-5-9(18)17-10(15)16/h1-6H,(H4,15,16,17,18)/b5-4+. The fraction of sp³-hybridized carbons (Fsp3) is 0.0909. The van der Waals surface area contributed by atoms with Crippen LogP contribution >= 0.6 is 0 Å². The third-order valence-electron chi connectivity index (χ3n) is 1.75. The van der Waals surface area contributed by atoms with Crippen LogP contribution in [0.5, 0.6) is 5.75 Å². The van der Waals surface area contributed by atoms with Crippen LogP contribution in [-0.2, 0) is 4.79 Å². The lowest BCUT2D eigenvalue weighted by Gasteiger charge is -2.08. The van der Waals surface area contributed by atoms with E-state index in [-0.39, 0.29) is 5.75 Å². The smallest absolute Gasteiger partial charge is 0.406 e. The van der Waals surface area contributed by atoms with Gasteiger partial charge in [0.15, 0.2) is 5.96 Å². The number of hydrogen-bond acceptors (Lipinski definition) is 2. The third kappa shape index (κ3) is 6.10. The molecule has 0 heterocycles. The maximum absolute atomic E-state index is 12.0. The highest BCUT2D eigenvalue weighted by atomic mass is 19.4. The number of nitrogens with two attached hydrogens (primary N) is 2. The summed E-state index contributed by atoms with van der Waals surface area (Å²) in [5.41, 5.74) is 10.3. The summed E-state index contributed by atoms with van der Waals surface area (Å²) in [6, 6.07) is 5.10. The summed E-state index contributed by atoms with van der Waals surface area (Å²) in [6.45, 7) is 0. The highest BCUT2D eigenvalue weighted by molar-refractivity contribution is 5.99. The number of alkyl halides is 3. The SMILES string of the molecule is NC(N)=NC(=O)/C=C/c1cccc(OC(F)(F)F)c1. The molecular weight excluding hydrogens is 263 g/mol. The molecule has 1 amide bonds. The van der Waals surface area contributed by atoms with E-state index in [0.29, 0.717) is 5.56 Å². The largest absolute Gasteiger partial charge is 0.573 e. The highest BCUT2D eigenvalue weighted by Gasteiger charge is 2.30. The molecule has 1 rings (SSSR count). The topological polar surface area (TPSA) is 90.7 Å². The van der Waals surface area contributed by atoms with E-state index in [1.165, 1.54) is 18.2 Å². The Kier molecular flexibility index (Phi) is 4.51. The van der Waals surface area contributed by atoms with Gasteiger partial charge in [-0.25, -0.2) is 0 Å². The van der Waals surface area contributed by atoms with Crippen molar-refractivity contribution in [2.45, 2.75) is 6.36 Å². The van der Waals surface area contributed by atoms with Crippen molar-refractivity contribution in [3.05, 3.63) is 35.9 Å². The molecule has 0 saturated heterocycles. The van der Waals surface area contributed by atoms with Gasteiger partial charge < -0.3 is 16.2 Å². The van der Waals surface area contributed by atoms with E-state index in [2.05, 4.69) is 9.73 Å². The van der Waals surface area contributed by atoms with Gasteiger partial charge in [-0.15, -0.1) is 13.2 Å². The number of carbonyl (C=O) groups excluding carboxylic acids is 1. The van der Waals surface area contributed by atoms with Gasteiger partial charge in [0.1, 0.15) is 5.75 Å². The second-order valence-corrected chi connectivity index (χ2v) is 3.33. The van der Waals surface area contributed by atoms with E-state index in [4.69, 9.17) is 11.5 Å². The van der Waals surface area contributed by atoms with E-state index >= 15 is 0 Å². The molecule has 1 aromatic carbocycles. The molecule has 0 saturated carbocycles. The number of amides is 1. The second kappa shape index (κ2) is 5.89. The average Bonchev–Trinajstić information content (AvgIpc) is 2.23. The molecule has 0 aliphatic rings. The minimum Gasteiger partial charge on any atom is -0.406 e. The summed E-state index contributed by atoms with van der Waals surface area (Å²) in [4.78, 5) is 14.3. The molecular formula is C11H10F3N3O2. The fourth-order valence-electron chi connectivity index (χ4n) is 1.15. The Labute approximate surface area is 106 Å². The fourth-order valence-corrected chi connectivity index (χ4v) is 1.15. The van der Waals surface area contributed by atoms with E-state index < -0.39 is 18.2 Å². The van der Waals surface area contributed by atoms with Crippen molar-refractivity contribution >= 4 is 17.9 Å². The lowest BCUT2D eigenvalue weighted by molar-refractivity contribution is -0.274. The first kappa shape index (κ1) is 14.6. The number of halogens is 3. The van der Waals surface area contributed by atoms with Crippen molar-refractivity contribution in [2.24, 2.45) is 16.5 Å². The predicted molar refractivity (Wildman–Crippen MR) is 63.0 cm³/mol. The Morgan fingerprint density at radius 3 is 2.58 bits per heavy atom. The molecule has 0 aromatic heterocycles. The molecule has 4 N–H and O–H groups in total. The van der Waals surface area contributed by atoms with Crippen molar-refractivity contribution in [1.82, 2.24) is 0 Å². The number of aliphatic imine (C=N–C) groups is 1. The lowest BCUT2D eigenvalue weighted by Crippen LogP contribution is -2.23. The molecule has 0 atom stereocenters. The molecule has 0 spiro atoms. The number of nitrogens with zero attached hydrogens (tertiary/aromatic N) is 1. The summed E-state index contributed by atoms with van der Waals surface area (Å²) < 4.78 is 39.7. The molecule has 0 bridgehead atoms. The van der Waals surface area contributed by atoms with Gasteiger partial charge in [0.05, 0.1) is 0 Å². The van der Waals surface area contributed by atoms with Crippen molar-refractivity contribution in [1.29, 1.82) is 0 Å². The molecule has 0 aliphatic carbocycles. The summed E-state index contributed by atoms with van der Waals surface area (Å²) >= 11 is 0. The molecule has 0 aliphatic heterocycles. The molecule has 0 radical (unpaired) electrons. The van der Waals surface area contributed by atoms with Crippen LogP contribution in [0.1, 0.15) is 5.56 Å². The molecule has 8 heteroatoms. The van der Waals surface area contributed by atoms with Crippen LogP contribution < -0.4 is 16.2 Å². The van der Waals surface area contributed by atoms with Crippen LogP contribution in [0.3, 0.4) is 0 Å². The van der Waals surface area contributed by atoms with Gasteiger partial charge in [0, 0.05) is 6.08 Å². The monoisotopic (exact) mass is 273 g/mol. The van der Waals surface area contributed by atoms with Crippen LogP contribution in [-0.4, -0.2) is 18.2 Å². The second-order valence-electron chi connectivity index (χ2n) is 3.33. The van der Waals surface area contributed by atoms with Crippen molar-refractivity contribution in [3.63, 3.8) is 0 Å². The summed E-state index contributed by atoms with van der Waals surface area (Å²) in [6.07, 6.45) is -2.49. The third-order valence-corrected chi connectivity index (χ3v) is 1.75. The first-order valence-electron chi connectivity index (χ1n) is 4.94. The van der Waals surface area contributed by atoms with E-state index in [1.54, 1.807) is 0 Å². The Morgan fingerprint density at radius 1 is 1.32 bits per heavy atom. The van der Waals surface area contributed by atoms with E-state index in [9.17, 15) is 18.0 Å². The minimum atomic E-state index is -4.77. The van der Waals surface area contributed by atoms with Crippen LogP contribution in [0.2, 0.25) is 0 Å². The summed E-state index contributed by atoms with van der Waals surface area (Å²) in [7, 11) is 0. The normalized spacial score (nSPS) is 11.3. The van der Waals surface area contributed by atoms with Gasteiger partial charge in [-0.1, -0.05) is 12.1 Å². The summed E-state index contributed by atoms with van der Waals surface area (Å²) in [5, 5.41) is 0. The van der Waals surface area contributed by atoms with Crippen LogP contribution in [0.15, 0.2) is 35.3 Å². The molecule has 5 nitrogen and oxygen atoms in total. The van der Waals surface area contributed by atoms with E-state index in [1.807, 2.05) is 0 Å². The number of carbonyl (C=O) groups is 1. The maximum atomic E-state index is 12.0. The van der Waals surface area contributed by atoms with Gasteiger partial charge in [0.25, 0.3) is 5.91 Å². The Hall–Kier alpha value is -2.51. The number of benzene rings is 1. The zero-order valence-corrected chi connectivity index (χ0v) is 9.52. The van der Waals surface area contributed by atoms with Gasteiger partial charge in [-0.3, -0.25) is 4.79 Å². The molecule has 1 aromatic rings. The minimum absolute atomic E-state index is 0.334. The molecule has 102 valence electrons. The molecule has 0 fully saturated rings. The number of guanidine groups is 1. The van der Waals surface area contributed by atoms with Crippen molar-refractivity contribution in [2.75, 3.05) is 0 Å². The number of ether oxygens (including phenoxy) is 1. The number of hydrogen-bond donors (Lipinski definition) is 2. The average molecular weight is 273 g/mol. The Morgan fingerprint density at radius 2 is 2.00 bits per heavy atom. The number of rotatable bonds is 3. The first-order chi connectivity index (χ1) is 8.76. The summed E-state index contributed by atoms with van der Waals surface area (Å²) in [5.74, 6) is -1.50. The zero-order valence-electron chi connectivity index (χ0n) is 9.52. The Bertz CT molecular complexity index is 520. The molecule has 0 unspecified atom stereocenters. The van der Waals surface area contributed by atoms with Crippen molar-refractivity contribution in [3.8, 4) is 5.75 Å². The van der Waals surface area contributed by atoms with Crippen LogP contribution in [0.25, 0.3) is 6.08 Å². The highest BCUT2D eigenvalue weighted by Crippen LogP contribution is 2.23. The zero-order chi connectivity index (χ0) is 14.5. The van der Waals surface area contributed by atoms with Gasteiger partial charge in [-0.05, 0) is 23.8 Å². The predicted octanol–water partition coefficient (Wildman–Crippen LogP) is 1.40. The lowest BCUT2D eigenvalue weighted by atomic mass is 10.2. The van der Waals surface area contributed by atoms with Gasteiger partial charge in [0.2, 0.25) is 0 Å². The van der Waals surface area contributed by atoms with E-state index in [0.717, 1.165) is 18.2 Å². The van der Waals surface area contributed by atoms with Gasteiger partial charge in [-0.2, -0.15) is 4.99 Å².